The Hall–Kier alpha value is -2.40. The van der Waals surface area contributed by atoms with E-state index in [1.54, 1.807) is 6.07 Å². The minimum Gasteiger partial charge on any atom is -0.450 e. The van der Waals surface area contributed by atoms with Gasteiger partial charge in [-0.05, 0) is 38.2 Å². The molecule has 1 aromatic carbocycles. The van der Waals surface area contributed by atoms with E-state index in [2.05, 4.69) is 29.0 Å². The molecule has 5 nitrogen and oxygen atoms in total. The summed E-state index contributed by atoms with van der Waals surface area (Å²) in [6, 6.07) is 9.61. The molecule has 0 aliphatic heterocycles. The highest BCUT2D eigenvalue weighted by molar-refractivity contribution is 6.06. The fourth-order valence-electron chi connectivity index (χ4n) is 2.93. The Morgan fingerprint density at radius 2 is 1.96 bits per heavy atom. The van der Waals surface area contributed by atoms with Gasteiger partial charge in [-0.25, -0.2) is 0 Å². The molecule has 24 heavy (non-hydrogen) atoms. The fraction of sp³-hybridized carbons (Fsp3) is 0.368. The van der Waals surface area contributed by atoms with E-state index in [1.165, 1.54) is 0 Å². The second kappa shape index (κ2) is 7.01. The molecule has 0 saturated carbocycles. The van der Waals surface area contributed by atoms with Crippen molar-refractivity contribution in [3.8, 4) is 0 Å². The Morgan fingerprint density at radius 1 is 1.21 bits per heavy atom. The minimum absolute atomic E-state index is 0.179. The Morgan fingerprint density at radius 3 is 2.71 bits per heavy atom. The number of fused-ring (bicyclic) bond motifs is 3. The number of aromatic nitrogens is 1. The predicted octanol–water partition coefficient (Wildman–Crippen LogP) is 3.36. The van der Waals surface area contributed by atoms with Gasteiger partial charge in [0.2, 0.25) is 0 Å². The van der Waals surface area contributed by atoms with Crippen LogP contribution in [0.25, 0.3) is 21.9 Å². The molecule has 0 bridgehead atoms. The van der Waals surface area contributed by atoms with Crippen molar-refractivity contribution in [2.45, 2.75) is 20.8 Å². The number of hydrogen-bond acceptors (Lipinski definition) is 4. The quantitative estimate of drug-likeness (QED) is 0.755. The Kier molecular flexibility index (Phi) is 4.81. The summed E-state index contributed by atoms with van der Waals surface area (Å²) >= 11 is 0. The monoisotopic (exact) mass is 325 g/mol. The minimum atomic E-state index is -0.179. The molecular weight excluding hydrogens is 302 g/mol. The van der Waals surface area contributed by atoms with Crippen molar-refractivity contribution in [2.75, 3.05) is 26.2 Å². The zero-order valence-electron chi connectivity index (χ0n) is 14.4. The summed E-state index contributed by atoms with van der Waals surface area (Å²) in [7, 11) is 0. The first kappa shape index (κ1) is 16.5. The molecule has 0 atom stereocenters. The van der Waals surface area contributed by atoms with Crippen LogP contribution in [-0.2, 0) is 0 Å². The lowest BCUT2D eigenvalue weighted by atomic mass is 10.1. The van der Waals surface area contributed by atoms with Gasteiger partial charge in [0.1, 0.15) is 5.58 Å². The van der Waals surface area contributed by atoms with E-state index in [0.717, 1.165) is 47.2 Å². The van der Waals surface area contributed by atoms with E-state index in [4.69, 9.17) is 4.42 Å². The van der Waals surface area contributed by atoms with Crippen molar-refractivity contribution in [1.82, 2.24) is 15.2 Å². The second-order valence-corrected chi connectivity index (χ2v) is 5.85. The number of amides is 1. The number of pyridine rings is 1. The van der Waals surface area contributed by atoms with E-state index < -0.39 is 0 Å². The third-order valence-electron chi connectivity index (χ3n) is 4.39. The molecule has 3 aromatic rings. The maximum Gasteiger partial charge on any atom is 0.287 e. The first-order valence-electron chi connectivity index (χ1n) is 8.43. The average molecular weight is 325 g/mol. The summed E-state index contributed by atoms with van der Waals surface area (Å²) in [6.45, 7) is 9.57. The predicted molar refractivity (Wildman–Crippen MR) is 96.4 cm³/mol. The van der Waals surface area contributed by atoms with Crippen LogP contribution in [0.1, 0.15) is 30.1 Å². The van der Waals surface area contributed by atoms with Crippen molar-refractivity contribution in [3.63, 3.8) is 0 Å². The molecule has 0 unspecified atom stereocenters. The molecule has 126 valence electrons. The molecule has 0 fully saturated rings. The van der Waals surface area contributed by atoms with Gasteiger partial charge in [0.15, 0.2) is 5.76 Å². The van der Waals surface area contributed by atoms with Crippen LogP contribution in [0, 0.1) is 6.92 Å². The summed E-state index contributed by atoms with van der Waals surface area (Å²) in [5, 5.41) is 4.75. The molecule has 2 aromatic heterocycles. The van der Waals surface area contributed by atoms with Gasteiger partial charge in [0, 0.05) is 29.6 Å². The molecule has 0 aliphatic rings. The normalized spacial score (nSPS) is 11.5. The Labute approximate surface area is 141 Å². The van der Waals surface area contributed by atoms with Gasteiger partial charge < -0.3 is 14.6 Å². The third kappa shape index (κ3) is 3.12. The van der Waals surface area contributed by atoms with Gasteiger partial charge in [0.05, 0.1) is 5.52 Å². The molecular formula is C19H23N3O2. The van der Waals surface area contributed by atoms with E-state index in [1.807, 2.05) is 31.2 Å². The van der Waals surface area contributed by atoms with Crippen LogP contribution in [-0.4, -0.2) is 42.0 Å². The number of furan rings is 1. The van der Waals surface area contributed by atoms with Gasteiger partial charge in [-0.1, -0.05) is 26.0 Å². The van der Waals surface area contributed by atoms with Crippen LogP contribution in [0.4, 0.5) is 0 Å². The lowest BCUT2D eigenvalue weighted by Crippen LogP contribution is -2.34. The highest BCUT2D eigenvalue weighted by atomic mass is 16.3. The first-order chi connectivity index (χ1) is 11.6. The molecule has 0 aliphatic carbocycles. The molecule has 0 saturated heterocycles. The van der Waals surface area contributed by atoms with Crippen LogP contribution in [0.5, 0.6) is 0 Å². The maximum absolute atomic E-state index is 12.4. The highest BCUT2D eigenvalue weighted by Gasteiger charge is 2.16. The maximum atomic E-state index is 12.4. The van der Waals surface area contributed by atoms with Crippen LogP contribution in [0.3, 0.4) is 0 Å². The number of nitrogens with zero attached hydrogens (tertiary/aromatic N) is 2. The summed E-state index contributed by atoms with van der Waals surface area (Å²) in [4.78, 5) is 19.2. The first-order valence-corrected chi connectivity index (χ1v) is 8.43. The smallest absolute Gasteiger partial charge is 0.287 e. The fourth-order valence-corrected chi connectivity index (χ4v) is 2.93. The Bertz CT molecular complexity index is 866. The summed E-state index contributed by atoms with van der Waals surface area (Å²) < 4.78 is 5.87. The van der Waals surface area contributed by atoms with Crippen LogP contribution in [0.15, 0.2) is 34.7 Å². The second-order valence-electron chi connectivity index (χ2n) is 5.85. The zero-order valence-corrected chi connectivity index (χ0v) is 14.4. The van der Waals surface area contributed by atoms with Crippen LogP contribution < -0.4 is 5.32 Å². The summed E-state index contributed by atoms with van der Waals surface area (Å²) in [5.41, 5.74) is 2.48. The van der Waals surface area contributed by atoms with Crippen molar-refractivity contribution < 1.29 is 9.21 Å². The SMILES string of the molecule is CCN(CC)CCNC(=O)c1cc2c(C)nc3ccccc3c2o1. The molecule has 1 N–H and O–H groups in total. The third-order valence-corrected chi connectivity index (χ3v) is 4.39. The van der Waals surface area contributed by atoms with Gasteiger partial charge in [-0.15, -0.1) is 0 Å². The molecule has 0 spiro atoms. The van der Waals surface area contributed by atoms with E-state index in [0.29, 0.717) is 12.3 Å². The lowest BCUT2D eigenvalue weighted by Gasteiger charge is -2.17. The number of nitrogens with one attached hydrogen (secondary N) is 1. The molecule has 3 rings (SSSR count). The van der Waals surface area contributed by atoms with Crippen molar-refractivity contribution in [3.05, 3.63) is 41.8 Å². The summed E-state index contributed by atoms with van der Waals surface area (Å²) in [6.07, 6.45) is 0. The van der Waals surface area contributed by atoms with Crippen LogP contribution >= 0.6 is 0 Å². The van der Waals surface area contributed by atoms with E-state index >= 15 is 0 Å². The lowest BCUT2D eigenvalue weighted by molar-refractivity contribution is 0.0923. The number of hydrogen-bond donors (Lipinski definition) is 1. The molecule has 5 heteroatoms. The topological polar surface area (TPSA) is 58.4 Å². The van der Waals surface area contributed by atoms with Crippen LogP contribution in [0.2, 0.25) is 0 Å². The van der Waals surface area contributed by atoms with Gasteiger partial charge in [-0.2, -0.15) is 0 Å². The molecule has 1 amide bonds. The van der Waals surface area contributed by atoms with Crippen molar-refractivity contribution in [2.24, 2.45) is 0 Å². The average Bonchev–Trinajstić information content (AvgIpc) is 3.05. The van der Waals surface area contributed by atoms with Crippen molar-refractivity contribution in [1.29, 1.82) is 0 Å². The molecule has 0 radical (unpaired) electrons. The number of para-hydroxylation sites is 1. The van der Waals surface area contributed by atoms with Gasteiger partial charge in [-0.3, -0.25) is 9.78 Å². The number of aryl methyl sites for hydroxylation is 1. The standard InChI is InChI=1S/C19H23N3O2/c1-4-22(5-2)11-10-20-19(23)17-12-15-13(3)21-16-9-7-6-8-14(16)18(15)24-17/h6-9,12H,4-5,10-11H2,1-3H3,(H,20,23). The van der Waals surface area contributed by atoms with E-state index in [9.17, 15) is 4.79 Å². The Balaban J connectivity index is 1.84. The van der Waals surface area contributed by atoms with Gasteiger partial charge >= 0.3 is 0 Å². The van der Waals surface area contributed by atoms with Crippen molar-refractivity contribution >= 4 is 27.8 Å². The number of benzene rings is 1. The molecule has 2 heterocycles. The number of likely N-dealkylation sites (N-methyl/N-ethyl adjacent to an activating group) is 1. The number of rotatable bonds is 6. The van der Waals surface area contributed by atoms with Gasteiger partial charge in [0.25, 0.3) is 5.91 Å². The largest absolute Gasteiger partial charge is 0.450 e. The number of carbonyl (C=O) groups is 1. The zero-order chi connectivity index (χ0) is 17.1. The number of carbonyl (C=O) groups excluding carboxylic acids is 1. The summed E-state index contributed by atoms with van der Waals surface area (Å²) in [5.74, 6) is 0.160. The highest BCUT2D eigenvalue weighted by Crippen LogP contribution is 2.28. The van der Waals surface area contributed by atoms with E-state index in [-0.39, 0.29) is 5.91 Å².